The Morgan fingerprint density at radius 3 is 2.43 bits per heavy atom. The van der Waals surface area contributed by atoms with E-state index in [1.54, 1.807) is 0 Å². The van der Waals surface area contributed by atoms with Gasteiger partial charge < -0.3 is 0 Å². The Hall–Kier alpha value is -3.48. The molecule has 4 aromatic rings. The molecule has 1 aliphatic rings. The summed E-state index contributed by atoms with van der Waals surface area (Å²) in [4.78, 5) is 13.4. The Kier molecular flexibility index (Phi) is 6.93. The van der Waals surface area contributed by atoms with Crippen molar-refractivity contribution in [2.75, 3.05) is 0 Å². The van der Waals surface area contributed by atoms with E-state index in [9.17, 15) is 4.79 Å². The van der Waals surface area contributed by atoms with Crippen molar-refractivity contribution in [1.29, 1.82) is 0 Å². The van der Waals surface area contributed by atoms with Crippen LogP contribution in [0.4, 0.5) is 0 Å². The van der Waals surface area contributed by atoms with Gasteiger partial charge >= 0.3 is 5.69 Å². The van der Waals surface area contributed by atoms with Gasteiger partial charge in [-0.15, -0.1) is 5.10 Å². The monoisotopic (exact) mass is 470 g/mol. The van der Waals surface area contributed by atoms with Crippen LogP contribution in [0, 0.1) is 11.8 Å². The molecule has 2 aromatic carbocycles. The third-order valence-corrected chi connectivity index (χ3v) is 7.06. The molecule has 5 rings (SSSR count). The lowest BCUT2D eigenvalue weighted by molar-refractivity contribution is 0.315. The zero-order chi connectivity index (χ0) is 24.2. The number of aromatic amines is 1. The minimum atomic E-state index is 0.124. The Morgan fingerprint density at radius 1 is 1.00 bits per heavy atom. The Bertz CT molecular complexity index is 1290. The van der Waals surface area contributed by atoms with Crippen molar-refractivity contribution in [2.24, 2.45) is 11.8 Å². The number of hydrogen-bond acceptors (Lipinski definition) is 4. The summed E-state index contributed by atoms with van der Waals surface area (Å²) < 4.78 is 3.95. The van der Waals surface area contributed by atoms with Crippen LogP contribution in [0.3, 0.4) is 0 Å². The van der Waals surface area contributed by atoms with Gasteiger partial charge in [0.1, 0.15) is 0 Å². The smallest absolute Gasteiger partial charge is 0.299 e. The first-order valence-electron chi connectivity index (χ1n) is 12.8. The highest BCUT2D eigenvalue weighted by Crippen LogP contribution is 2.30. The van der Waals surface area contributed by atoms with Crippen LogP contribution in [0.5, 0.6) is 0 Å². The summed E-state index contributed by atoms with van der Waals surface area (Å²) in [7, 11) is 0. The zero-order valence-electron chi connectivity index (χ0n) is 20.7. The Labute approximate surface area is 206 Å². The van der Waals surface area contributed by atoms with E-state index < -0.39 is 0 Å². The van der Waals surface area contributed by atoms with Crippen LogP contribution < -0.4 is 5.69 Å². The fraction of sp³-hybridized carbons (Fsp3) is 0.429. The normalized spacial score (nSPS) is 14.6. The molecule has 0 spiro atoms. The van der Waals surface area contributed by atoms with E-state index in [-0.39, 0.29) is 5.69 Å². The molecule has 0 unspecified atom stereocenters. The van der Waals surface area contributed by atoms with Crippen LogP contribution in [0.2, 0.25) is 0 Å². The number of benzene rings is 2. The lowest BCUT2D eigenvalue weighted by Crippen LogP contribution is -2.28. The number of hydrogen-bond donors (Lipinski definition) is 1. The summed E-state index contributed by atoms with van der Waals surface area (Å²) in [6, 6.07) is 16.6. The van der Waals surface area contributed by atoms with Crippen molar-refractivity contribution in [2.45, 2.75) is 65.5 Å². The highest BCUT2D eigenvalue weighted by atomic mass is 16.1. The van der Waals surface area contributed by atoms with Crippen LogP contribution in [-0.4, -0.2) is 29.8 Å². The van der Waals surface area contributed by atoms with E-state index in [2.05, 4.69) is 71.0 Å². The molecule has 0 atom stereocenters. The Balaban J connectivity index is 1.40. The predicted molar refractivity (Wildman–Crippen MR) is 138 cm³/mol. The van der Waals surface area contributed by atoms with Crippen LogP contribution >= 0.6 is 0 Å². The molecule has 0 saturated heterocycles. The van der Waals surface area contributed by atoms with E-state index >= 15 is 0 Å². The maximum Gasteiger partial charge on any atom is 0.328 e. The number of H-pyrrole nitrogens is 1. The summed E-state index contributed by atoms with van der Waals surface area (Å²) in [5.41, 5.74) is 5.49. The summed E-state index contributed by atoms with van der Waals surface area (Å²) in [6.07, 6.45) is 9.43. The molecule has 7 heteroatoms. The van der Waals surface area contributed by atoms with Gasteiger partial charge in [-0.2, -0.15) is 0 Å². The summed E-state index contributed by atoms with van der Waals surface area (Å²) >= 11 is 0. The first-order valence-corrected chi connectivity index (χ1v) is 12.8. The van der Waals surface area contributed by atoms with E-state index in [1.807, 2.05) is 27.3 Å². The van der Waals surface area contributed by atoms with Crippen molar-refractivity contribution >= 4 is 0 Å². The first-order chi connectivity index (χ1) is 17.1. The quantitative estimate of drug-likeness (QED) is 0.378. The molecule has 1 fully saturated rings. The molecule has 182 valence electrons. The topological polar surface area (TPSA) is 81.4 Å². The van der Waals surface area contributed by atoms with Crippen molar-refractivity contribution in [3.8, 4) is 22.5 Å². The van der Waals surface area contributed by atoms with E-state index in [0.717, 1.165) is 40.9 Å². The molecule has 2 aromatic heterocycles. The lowest BCUT2D eigenvalue weighted by atomic mass is 9.89. The van der Waals surface area contributed by atoms with Crippen molar-refractivity contribution in [3.05, 3.63) is 76.5 Å². The fourth-order valence-corrected chi connectivity index (χ4v) is 5.30. The van der Waals surface area contributed by atoms with Gasteiger partial charge in [0.25, 0.3) is 0 Å². The maximum absolute atomic E-state index is 13.4. The highest BCUT2D eigenvalue weighted by molar-refractivity contribution is 5.80. The van der Waals surface area contributed by atoms with Crippen molar-refractivity contribution in [3.63, 3.8) is 0 Å². The largest absolute Gasteiger partial charge is 0.328 e. The predicted octanol–water partition coefficient (Wildman–Crippen LogP) is 5.32. The third kappa shape index (κ3) is 5.29. The maximum atomic E-state index is 13.4. The standard InChI is InChI=1S/C28H34N6O/c1-20(2)16-24-19-33(17-21-8-4-3-5-9-21)28(35)34(24)18-22-12-14-23(15-13-22)25-10-6-7-11-26(25)27-29-31-32-30-27/h6-7,10-15,19-21H,3-5,8-9,16-18H2,1-2H3,(H,29,30,31,32). The SMILES string of the molecule is CC(C)Cc1cn(CC2CCCCC2)c(=O)n1Cc1ccc(-c2ccccc2-c2nnn[nH]2)cc1. The Morgan fingerprint density at radius 2 is 1.74 bits per heavy atom. The van der Waals surface area contributed by atoms with Gasteiger partial charge in [-0.05, 0) is 58.2 Å². The van der Waals surface area contributed by atoms with Gasteiger partial charge in [0.05, 0.1) is 6.54 Å². The van der Waals surface area contributed by atoms with E-state index in [1.165, 1.54) is 32.1 Å². The van der Waals surface area contributed by atoms with Gasteiger partial charge in [0.2, 0.25) is 0 Å². The molecule has 0 aliphatic heterocycles. The number of rotatable bonds is 8. The van der Waals surface area contributed by atoms with E-state index in [4.69, 9.17) is 0 Å². The average molecular weight is 471 g/mol. The second-order valence-corrected chi connectivity index (χ2v) is 10.2. The second kappa shape index (κ2) is 10.4. The molecule has 35 heavy (non-hydrogen) atoms. The summed E-state index contributed by atoms with van der Waals surface area (Å²) in [6.45, 7) is 5.86. The zero-order valence-corrected chi connectivity index (χ0v) is 20.7. The lowest BCUT2D eigenvalue weighted by Gasteiger charge is -2.21. The fourth-order valence-electron chi connectivity index (χ4n) is 5.30. The molecule has 1 N–H and O–H groups in total. The molecule has 2 heterocycles. The minimum absolute atomic E-state index is 0.124. The number of imidazole rings is 1. The number of tetrazole rings is 1. The minimum Gasteiger partial charge on any atom is -0.299 e. The third-order valence-electron chi connectivity index (χ3n) is 7.06. The molecule has 0 radical (unpaired) electrons. The highest BCUT2D eigenvalue weighted by Gasteiger charge is 2.19. The van der Waals surface area contributed by atoms with Gasteiger partial charge in [-0.1, -0.05) is 81.6 Å². The number of nitrogens with one attached hydrogen (secondary N) is 1. The molecule has 7 nitrogen and oxygen atoms in total. The summed E-state index contributed by atoms with van der Waals surface area (Å²) in [5, 5.41) is 14.4. The molecule has 1 aliphatic carbocycles. The molecular weight excluding hydrogens is 436 g/mol. The molecular formula is C28H34N6O. The van der Waals surface area contributed by atoms with Gasteiger partial charge in [0.15, 0.2) is 5.82 Å². The molecule has 0 bridgehead atoms. The number of aromatic nitrogens is 6. The summed E-state index contributed by atoms with van der Waals surface area (Å²) in [5.74, 6) is 1.77. The van der Waals surface area contributed by atoms with Gasteiger partial charge in [0, 0.05) is 24.0 Å². The average Bonchev–Trinajstić information content (AvgIpc) is 3.50. The van der Waals surface area contributed by atoms with Crippen LogP contribution in [0.25, 0.3) is 22.5 Å². The van der Waals surface area contributed by atoms with Gasteiger partial charge in [-0.25, -0.2) is 9.89 Å². The second-order valence-electron chi connectivity index (χ2n) is 10.2. The van der Waals surface area contributed by atoms with Crippen molar-refractivity contribution < 1.29 is 0 Å². The van der Waals surface area contributed by atoms with E-state index in [0.29, 0.717) is 24.2 Å². The van der Waals surface area contributed by atoms with Gasteiger partial charge in [-0.3, -0.25) is 9.13 Å². The number of nitrogens with zero attached hydrogens (tertiary/aromatic N) is 5. The first kappa shape index (κ1) is 23.3. The van der Waals surface area contributed by atoms with Crippen LogP contribution in [-0.2, 0) is 19.5 Å². The molecule has 0 amide bonds. The van der Waals surface area contributed by atoms with Crippen LogP contribution in [0.15, 0.2) is 59.5 Å². The van der Waals surface area contributed by atoms with Crippen LogP contribution in [0.1, 0.15) is 57.2 Å². The molecule has 1 saturated carbocycles. The van der Waals surface area contributed by atoms with Crippen molar-refractivity contribution in [1.82, 2.24) is 29.8 Å².